The molecule has 31 heavy (non-hydrogen) atoms. The number of carbonyl (C=O) groups excluding carboxylic acids is 1. The minimum Gasteiger partial charge on any atom is -0.404 e. The number of ether oxygens (including phenoxy) is 2. The van der Waals surface area contributed by atoms with Crippen LogP contribution in [0.1, 0.15) is 5.69 Å². The highest BCUT2D eigenvalue weighted by Crippen LogP contribution is 2.29. The van der Waals surface area contributed by atoms with E-state index in [9.17, 15) is 18.0 Å². The minimum absolute atomic E-state index is 0.0949. The monoisotopic (exact) mass is 440 g/mol. The molecule has 9 nitrogen and oxygen atoms in total. The van der Waals surface area contributed by atoms with Gasteiger partial charge in [0.15, 0.2) is 5.75 Å². The molecule has 1 aromatic carbocycles. The number of hydrogen-bond donors (Lipinski definition) is 3. The molecule has 2 aromatic rings. The fraction of sp³-hybridized carbons (Fsp3) is 0.421. The lowest BCUT2D eigenvalue weighted by Crippen LogP contribution is -2.37. The number of urea groups is 1. The number of halogens is 3. The maximum Gasteiger partial charge on any atom is 0.573 e. The molecule has 1 fully saturated rings. The van der Waals surface area contributed by atoms with E-state index in [4.69, 9.17) is 4.74 Å². The topological polar surface area (TPSA) is 101 Å². The number of morpholine rings is 1. The van der Waals surface area contributed by atoms with Crippen LogP contribution in [0.15, 0.2) is 30.3 Å². The molecular weight excluding hydrogens is 417 g/mol. The minimum atomic E-state index is -4.86. The number of carbonyl (C=O) groups is 1. The molecular formula is C19H23F3N6O3. The van der Waals surface area contributed by atoms with Crippen molar-refractivity contribution in [3.63, 3.8) is 0 Å². The highest BCUT2D eigenvalue weighted by molar-refractivity contribution is 5.90. The molecule has 1 aliphatic heterocycles. The van der Waals surface area contributed by atoms with Crippen molar-refractivity contribution in [3.05, 3.63) is 36.0 Å². The number of alkyl halides is 3. The molecule has 1 saturated heterocycles. The Morgan fingerprint density at radius 1 is 1.19 bits per heavy atom. The van der Waals surface area contributed by atoms with Crippen LogP contribution in [0.3, 0.4) is 0 Å². The Morgan fingerprint density at radius 3 is 2.68 bits per heavy atom. The van der Waals surface area contributed by atoms with Gasteiger partial charge in [0.25, 0.3) is 0 Å². The second-order valence-electron chi connectivity index (χ2n) is 6.64. The summed E-state index contributed by atoms with van der Waals surface area (Å²) in [4.78, 5) is 22.9. The maximum atomic E-state index is 12.5. The molecule has 0 unspecified atom stereocenters. The van der Waals surface area contributed by atoms with Gasteiger partial charge in [-0.15, -0.1) is 13.2 Å². The zero-order chi connectivity index (χ0) is 22.3. The summed E-state index contributed by atoms with van der Waals surface area (Å²) >= 11 is 0. The third kappa shape index (κ3) is 7.17. The summed E-state index contributed by atoms with van der Waals surface area (Å²) in [5.74, 6) is 0.727. The number of hydrogen-bond acceptors (Lipinski definition) is 7. The van der Waals surface area contributed by atoms with Gasteiger partial charge >= 0.3 is 12.4 Å². The highest BCUT2D eigenvalue weighted by Gasteiger charge is 2.32. The quantitative estimate of drug-likeness (QED) is 0.569. The third-order valence-corrected chi connectivity index (χ3v) is 4.23. The predicted octanol–water partition coefficient (Wildman–Crippen LogP) is 2.75. The molecule has 0 bridgehead atoms. The maximum absolute atomic E-state index is 12.5. The Bertz CT molecular complexity index is 890. The van der Waals surface area contributed by atoms with Gasteiger partial charge in [0.05, 0.1) is 18.9 Å². The molecule has 2 heterocycles. The first-order valence-corrected chi connectivity index (χ1v) is 9.62. The number of rotatable bonds is 7. The van der Waals surface area contributed by atoms with E-state index in [1.807, 2.05) is 13.0 Å². The van der Waals surface area contributed by atoms with Crippen LogP contribution in [0, 0.1) is 6.92 Å². The molecule has 3 rings (SSSR count). The van der Waals surface area contributed by atoms with Crippen molar-refractivity contribution < 1.29 is 27.4 Å². The zero-order valence-corrected chi connectivity index (χ0v) is 16.8. The Hall–Kier alpha value is -3.28. The van der Waals surface area contributed by atoms with Crippen LogP contribution in [-0.2, 0) is 4.74 Å². The summed E-state index contributed by atoms with van der Waals surface area (Å²) < 4.78 is 46.6. The van der Waals surface area contributed by atoms with Gasteiger partial charge in [-0.3, -0.25) is 0 Å². The van der Waals surface area contributed by atoms with E-state index in [0.717, 1.165) is 30.7 Å². The Labute approximate surface area is 177 Å². The summed E-state index contributed by atoms with van der Waals surface area (Å²) in [5, 5.41) is 7.92. The lowest BCUT2D eigenvalue weighted by atomic mass is 10.3. The molecule has 2 amide bonds. The number of benzene rings is 1. The van der Waals surface area contributed by atoms with Crippen LogP contribution >= 0.6 is 0 Å². The number of aromatic nitrogens is 2. The molecule has 3 N–H and O–H groups in total. The normalized spacial score (nSPS) is 14.1. The van der Waals surface area contributed by atoms with Crippen LogP contribution in [0.5, 0.6) is 5.75 Å². The number of nitrogens with one attached hydrogen (secondary N) is 3. The summed E-state index contributed by atoms with van der Waals surface area (Å²) in [6, 6.07) is 6.52. The van der Waals surface area contributed by atoms with E-state index >= 15 is 0 Å². The Kier molecular flexibility index (Phi) is 7.34. The van der Waals surface area contributed by atoms with Crippen molar-refractivity contribution in [2.45, 2.75) is 13.3 Å². The fourth-order valence-corrected chi connectivity index (χ4v) is 2.89. The van der Waals surface area contributed by atoms with Gasteiger partial charge in [0, 0.05) is 37.9 Å². The first-order chi connectivity index (χ1) is 14.8. The van der Waals surface area contributed by atoms with Gasteiger partial charge in [-0.25, -0.2) is 9.78 Å². The fourth-order valence-electron chi connectivity index (χ4n) is 2.89. The SMILES string of the molecule is Cc1cc(N2CCOCC2)nc(NCCNC(=O)Nc2ccccc2OC(F)(F)F)n1. The van der Waals surface area contributed by atoms with Crippen LogP contribution in [-0.4, -0.2) is 61.8 Å². The smallest absolute Gasteiger partial charge is 0.404 e. The van der Waals surface area contributed by atoms with E-state index < -0.39 is 18.1 Å². The summed E-state index contributed by atoms with van der Waals surface area (Å²) in [6.45, 7) is 5.15. The van der Waals surface area contributed by atoms with E-state index in [2.05, 4.69) is 35.6 Å². The molecule has 168 valence electrons. The molecule has 0 radical (unpaired) electrons. The Balaban J connectivity index is 1.48. The third-order valence-electron chi connectivity index (χ3n) is 4.23. The number of nitrogens with zero attached hydrogens (tertiary/aromatic N) is 3. The van der Waals surface area contributed by atoms with Crippen LogP contribution < -0.4 is 25.6 Å². The first-order valence-electron chi connectivity index (χ1n) is 9.62. The Morgan fingerprint density at radius 2 is 1.94 bits per heavy atom. The molecule has 0 atom stereocenters. The highest BCUT2D eigenvalue weighted by atomic mass is 19.4. The van der Waals surface area contributed by atoms with E-state index in [-0.39, 0.29) is 12.2 Å². The van der Waals surface area contributed by atoms with Gasteiger partial charge in [0.1, 0.15) is 5.82 Å². The number of anilines is 3. The predicted molar refractivity (Wildman–Crippen MR) is 108 cm³/mol. The first kappa shape index (κ1) is 22.4. The number of amides is 2. The van der Waals surface area contributed by atoms with E-state index in [1.54, 1.807) is 0 Å². The van der Waals surface area contributed by atoms with Crippen molar-refractivity contribution in [2.24, 2.45) is 0 Å². The van der Waals surface area contributed by atoms with Gasteiger partial charge in [-0.1, -0.05) is 12.1 Å². The molecule has 0 saturated carbocycles. The summed E-state index contributed by atoms with van der Waals surface area (Å²) in [7, 11) is 0. The van der Waals surface area contributed by atoms with Gasteiger partial charge in [-0.05, 0) is 19.1 Å². The average molecular weight is 440 g/mol. The van der Waals surface area contributed by atoms with Crippen molar-refractivity contribution >= 4 is 23.5 Å². The van der Waals surface area contributed by atoms with E-state index in [1.165, 1.54) is 18.2 Å². The van der Waals surface area contributed by atoms with Crippen molar-refractivity contribution in [1.29, 1.82) is 0 Å². The largest absolute Gasteiger partial charge is 0.573 e. The summed E-state index contributed by atoms with van der Waals surface area (Å²) in [5.41, 5.74) is 0.702. The zero-order valence-electron chi connectivity index (χ0n) is 16.8. The van der Waals surface area contributed by atoms with E-state index in [0.29, 0.717) is 25.7 Å². The van der Waals surface area contributed by atoms with Crippen LogP contribution in [0.4, 0.5) is 35.4 Å². The van der Waals surface area contributed by atoms with Crippen molar-refractivity contribution in [1.82, 2.24) is 15.3 Å². The second-order valence-corrected chi connectivity index (χ2v) is 6.64. The van der Waals surface area contributed by atoms with Gasteiger partial charge in [0.2, 0.25) is 5.95 Å². The number of para-hydroxylation sites is 2. The average Bonchev–Trinajstić information content (AvgIpc) is 2.72. The van der Waals surface area contributed by atoms with Crippen molar-refractivity contribution in [2.75, 3.05) is 54.9 Å². The standard InChI is InChI=1S/C19H23F3N6O3/c1-13-12-16(28-8-10-30-11-9-28)27-17(25-13)23-6-7-24-18(29)26-14-4-2-3-5-15(14)31-19(20,21)22/h2-5,12H,6-11H2,1H3,(H,23,25,27)(H2,24,26,29). The van der Waals surface area contributed by atoms with Crippen LogP contribution in [0.2, 0.25) is 0 Å². The summed E-state index contributed by atoms with van der Waals surface area (Å²) in [6.07, 6.45) is -4.86. The lowest BCUT2D eigenvalue weighted by molar-refractivity contribution is -0.274. The molecule has 0 aliphatic carbocycles. The van der Waals surface area contributed by atoms with Gasteiger partial charge < -0.3 is 30.3 Å². The number of aryl methyl sites for hydroxylation is 1. The van der Waals surface area contributed by atoms with Crippen LogP contribution in [0.25, 0.3) is 0 Å². The molecule has 1 aromatic heterocycles. The molecule has 12 heteroatoms. The van der Waals surface area contributed by atoms with Gasteiger partial charge in [-0.2, -0.15) is 4.98 Å². The molecule has 1 aliphatic rings. The second kappa shape index (κ2) is 10.2. The van der Waals surface area contributed by atoms with Crippen molar-refractivity contribution in [3.8, 4) is 5.75 Å². The molecule has 0 spiro atoms. The lowest BCUT2D eigenvalue weighted by Gasteiger charge is -2.28.